The van der Waals surface area contributed by atoms with Crippen LogP contribution in [0.1, 0.15) is 12.0 Å². The molecule has 0 bridgehead atoms. The van der Waals surface area contributed by atoms with Crippen molar-refractivity contribution >= 4 is 18.4 Å². The zero-order chi connectivity index (χ0) is 11.5. The zero-order valence-corrected chi connectivity index (χ0v) is 9.14. The van der Waals surface area contributed by atoms with Gasteiger partial charge in [-0.3, -0.25) is 4.79 Å². The number of carbonyl (C=O) groups is 1. The van der Waals surface area contributed by atoms with Gasteiger partial charge in [-0.15, -0.1) is 12.4 Å². The highest BCUT2D eigenvalue weighted by Gasteiger charge is 2.32. The summed E-state index contributed by atoms with van der Waals surface area (Å²) in [5, 5.41) is 8.56. The van der Waals surface area contributed by atoms with E-state index >= 15 is 0 Å². The SMILES string of the molecule is Cl.N[C@@](CF)(CC(=O)O)c1ccccc1F. The second kappa shape index (κ2) is 5.77. The predicted octanol–water partition coefficient (Wildman–Crippen LogP) is 1.85. The topological polar surface area (TPSA) is 63.3 Å². The summed E-state index contributed by atoms with van der Waals surface area (Å²) >= 11 is 0. The van der Waals surface area contributed by atoms with Crippen LogP contribution in [0.25, 0.3) is 0 Å². The van der Waals surface area contributed by atoms with Crippen LogP contribution < -0.4 is 5.73 Å². The summed E-state index contributed by atoms with van der Waals surface area (Å²) in [6, 6.07) is 5.32. The Labute approximate surface area is 97.7 Å². The lowest BCUT2D eigenvalue weighted by Gasteiger charge is -2.25. The third kappa shape index (κ3) is 3.15. The van der Waals surface area contributed by atoms with Crippen molar-refractivity contribution in [2.24, 2.45) is 5.73 Å². The molecular formula is C10H12ClF2NO2. The molecule has 0 aliphatic heterocycles. The van der Waals surface area contributed by atoms with E-state index in [9.17, 15) is 13.6 Å². The number of carboxylic acid groups (broad SMARTS) is 1. The summed E-state index contributed by atoms with van der Waals surface area (Å²) in [5.41, 5.74) is 3.61. The minimum Gasteiger partial charge on any atom is -0.481 e. The van der Waals surface area contributed by atoms with Crippen molar-refractivity contribution in [2.75, 3.05) is 6.67 Å². The minimum atomic E-state index is -1.79. The minimum absolute atomic E-state index is 0. The fourth-order valence-corrected chi connectivity index (χ4v) is 1.35. The molecule has 3 N–H and O–H groups in total. The van der Waals surface area contributed by atoms with Crippen LogP contribution in [0.3, 0.4) is 0 Å². The van der Waals surface area contributed by atoms with E-state index in [1.54, 1.807) is 0 Å². The molecule has 0 aliphatic carbocycles. The number of hydrogen-bond donors (Lipinski definition) is 2. The van der Waals surface area contributed by atoms with E-state index in [1.165, 1.54) is 18.2 Å². The average molecular weight is 252 g/mol. The van der Waals surface area contributed by atoms with Crippen molar-refractivity contribution in [3.05, 3.63) is 35.6 Å². The maximum absolute atomic E-state index is 13.3. The van der Waals surface area contributed by atoms with Gasteiger partial charge in [-0.2, -0.15) is 0 Å². The summed E-state index contributed by atoms with van der Waals surface area (Å²) in [4.78, 5) is 10.5. The van der Waals surface area contributed by atoms with Gasteiger partial charge in [0.25, 0.3) is 0 Å². The Hall–Kier alpha value is -1.20. The Morgan fingerprint density at radius 2 is 2.00 bits per heavy atom. The molecule has 3 nitrogen and oxygen atoms in total. The summed E-state index contributed by atoms with van der Waals surface area (Å²) in [5.74, 6) is -1.96. The number of halogens is 3. The molecule has 0 heterocycles. The molecule has 0 aromatic heterocycles. The highest BCUT2D eigenvalue weighted by Crippen LogP contribution is 2.25. The molecule has 6 heteroatoms. The fraction of sp³-hybridized carbons (Fsp3) is 0.300. The van der Waals surface area contributed by atoms with Gasteiger partial charge in [0.2, 0.25) is 0 Å². The molecule has 0 aliphatic rings. The maximum Gasteiger partial charge on any atom is 0.305 e. The third-order valence-electron chi connectivity index (χ3n) is 2.12. The molecule has 1 aromatic rings. The Morgan fingerprint density at radius 3 is 2.44 bits per heavy atom. The number of aliphatic carboxylic acids is 1. The lowest BCUT2D eigenvalue weighted by atomic mass is 9.88. The Kier molecular flexibility index (Phi) is 5.33. The zero-order valence-electron chi connectivity index (χ0n) is 8.32. The van der Waals surface area contributed by atoms with Gasteiger partial charge in [0.05, 0.1) is 12.0 Å². The molecule has 0 spiro atoms. The van der Waals surface area contributed by atoms with E-state index in [0.29, 0.717) is 0 Å². The van der Waals surface area contributed by atoms with Crippen LogP contribution in [0, 0.1) is 5.82 Å². The predicted molar refractivity (Wildman–Crippen MR) is 57.7 cm³/mol. The first-order valence-corrected chi connectivity index (χ1v) is 4.31. The van der Waals surface area contributed by atoms with Gasteiger partial charge in [-0.25, -0.2) is 8.78 Å². The van der Waals surface area contributed by atoms with Gasteiger partial charge in [-0.1, -0.05) is 18.2 Å². The maximum atomic E-state index is 13.3. The van der Waals surface area contributed by atoms with Crippen LogP contribution in [0.4, 0.5) is 8.78 Å². The molecular weight excluding hydrogens is 240 g/mol. The van der Waals surface area contributed by atoms with Gasteiger partial charge < -0.3 is 10.8 Å². The number of nitrogens with two attached hydrogens (primary N) is 1. The fourth-order valence-electron chi connectivity index (χ4n) is 1.35. The van der Waals surface area contributed by atoms with Crippen LogP contribution in [0.5, 0.6) is 0 Å². The average Bonchev–Trinajstić information content (AvgIpc) is 2.17. The van der Waals surface area contributed by atoms with Crippen molar-refractivity contribution in [3.63, 3.8) is 0 Å². The van der Waals surface area contributed by atoms with Crippen molar-refractivity contribution in [2.45, 2.75) is 12.0 Å². The number of alkyl halides is 1. The lowest BCUT2D eigenvalue weighted by molar-refractivity contribution is -0.138. The first-order chi connectivity index (χ1) is 6.99. The van der Waals surface area contributed by atoms with Crippen molar-refractivity contribution < 1.29 is 18.7 Å². The van der Waals surface area contributed by atoms with E-state index in [2.05, 4.69) is 0 Å². The Bertz CT molecular complexity index is 376. The monoisotopic (exact) mass is 251 g/mol. The summed E-state index contributed by atoms with van der Waals surface area (Å²) in [6.07, 6.45) is -0.648. The smallest absolute Gasteiger partial charge is 0.305 e. The highest BCUT2D eigenvalue weighted by molar-refractivity contribution is 5.85. The van der Waals surface area contributed by atoms with Crippen LogP contribution in [0.2, 0.25) is 0 Å². The van der Waals surface area contributed by atoms with Gasteiger partial charge in [0.1, 0.15) is 12.5 Å². The van der Waals surface area contributed by atoms with Gasteiger partial charge in [0, 0.05) is 5.56 Å². The molecule has 1 aromatic carbocycles. The van der Waals surface area contributed by atoms with Crippen LogP contribution in [-0.4, -0.2) is 17.8 Å². The normalized spacial score (nSPS) is 13.7. The molecule has 0 unspecified atom stereocenters. The first kappa shape index (κ1) is 14.8. The summed E-state index contributed by atoms with van der Waals surface area (Å²) in [7, 11) is 0. The second-order valence-corrected chi connectivity index (χ2v) is 3.34. The Balaban J connectivity index is 0.00000225. The lowest BCUT2D eigenvalue weighted by Crippen LogP contribution is -2.42. The number of hydrogen-bond acceptors (Lipinski definition) is 2. The molecule has 16 heavy (non-hydrogen) atoms. The van der Waals surface area contributed by atoms with E-state index in [4.69, 9.17) is 10.8 Å². The number of rotatable bonds is 4. The highest BCUT2D eigenvalue weighted by atomic mass is 35.5. The van der Waals surface area contributed by atoms with E-state index in [1.807, 2.05) is 0 Å². The summed E-state index contributed by atoms with van der Waals surface area (Å²) < 4.78 is 26.0. The van der Waals surface area contributed by atoms with E-state index in [-0.39, 0.29) is 18.0 Å². The van der Waals surface area contributed by atoms with Crippen molar-refractivity contribution in [3.8, 4) is 0 Å². The summed E-state index contributed by atoms with van der Waals surface area (Å²) in [6.45, 7) is -1.12. The van der Waals surface area contributed by atoms with Gasteiger partial charge in [-0.05, 0) is 6.07 Å². The van der Waals surface area contributed by atoms with Crippen LogP contribution >= 0.6 is 12.4 Å². The van der Waals surface area contributed by atoms with E-state index < -0.39 is 30.4 Å². The molecule has 0 saturated carbocycles. The second-order valence-electron chi connectivity index (χ2n) is 3.34. The number of carboxylic acids is 1. The van der Waals surface area contributed by atoms with Crippen LogP contribution in [-0.2, 0) is 10.3 Å². The van der Waals surface area contributed by atoms with Gasteiger partial charge in [0.15, 0.2) is 0 Å². The molecule has 0 fully saturated rings. The van der Waals surface area contributed by atoms with E-state index in [0.717, 1.165) is 6.07 Å². The molecule has 0 amide bonds. The Morgan fingerprint density at radius 1 is 1.44 bits per heavy atom. The molecule has 90 valence electrons. The quantitative estimate of drug-likeness (QED) is 0.858. The molecule has 1 atom stereocenters. The number of benzene rings is 1. The molecule has 0 radical (unpaired) electrons. The first-order valence-electron chi connectivity index (χ1n) is 4.31. The molecule has 0 saturated heterocycles. The van der Waals surface area contributed by atoms with Crippen LogP contribution in [0.15, 0.2) is 24.3 Å². The molecule has 1 rings (SSSR count). The van der Waals surface area contributed by atoms with Gasteiger partial charge >= 0.3 is 5.97 Å². The largest absolute Gasteiger partial charge is 0.481 e. The third-order valence-corrected chi connectivity index (χ3v) is 2.12. The standard InChI is InChI=1S/C10H11F2NO2.ClH/c11-6-10(13,5-9(14)15)7-3-1-2-4-8(7)12;/h1-4H,5-6,13H2,(H,14,15);1H/t10-;/m1./s1. The van der Waals surface area contributed by atoms with Crippen molar-refractivity contribution in [1.82, 2.24) is 0 Å². The van der Waals surface area contributed by atoms with Crippen molar-refractivity contribution in [1.29, 1.82) is 0 Å².